The van der Waals surface area contributed by atoms with E-state index in [2.05, 4.69) is 20.9 Å². The van der Waals surface area contributed by atoms with E-state index in [9.17, 15) is 4.79 Å². The zero-order chi connectivity index (χ0) is 15.3. The molecule has 0 saturated heterocycles. The van der Waals surface area contributed by atoms with Gasteiger partial charge in [0.05, 0.1) is 12.6 Å². The zero-order valence-corrected chi connectivity index (χ0v) is 14.1. The van der Waals surface area contributed by atoms with Gasteiger partial charge in [-0.3, -0.25) is 4.98 Å². The van der Waals surface area contributed by atoms with Crippen LogP contribution in [-0.2, 0) is 9.47 Å². The lowest BCUT2D eigenvalue weighted by molar-refractivity contribution is 0.0126. The minimum absolute atomic E-state index is 0.250. The molecule has 0 aromatic carbocycles. The second kappa shape index (κ2) is 7.04. The first kappa shape index (κ1) is 16.9. The smallest absolute Gasteiger partial charge is 0.410 e. The van der Waals surface area contributed by atoms with Crippen molar-refractivity contribution in [1.29, 1.82) is 0 Å². The molecule has 0 aliphatic heterocycles. The Balaban J connectivity index is 2.93. The van der Waals surface area contributed by atoms with Crippen LogP contribution in [0, 0.1) is 0 Å². The van der Waals surface area contributed by atoms with E-state index in [-0.39, 0.29) is 12.1 Å². The lowest BCUT2D eigenvalue weighted by Gasteiger charge is -2.30. The van der Waals surface area contributed by atoms with E-state index in [4.69, 9.17) is 9.47 Å². The van der Waals surface area contributed by atoms with Crippen molar-refractivity contribution in [2.45, 2.75) is 32.4 Å². The molecule has 0 radical (unpaired) electrons. The van der Waals surface area contributed by atoms with Crippen molar-refractivity contribution in [3.63, 3.8) is 0 Å². The summed E-state index contributed by atoms with van der Waals surface area (Å²) in [5, 5.41) is 0. The zero-order valence-electron chi connectivity index (χ0n) is 12.5. The summed E-state index contributed by atoms with van der Waals surface area (Å²) < 4.78 is 11.4. The Labute approximate surface area is 128 Å². The first-order valence-corrected chi connectivity index (χ1v) is 7.09. The molecule has 20 heavy (non-hydrogen) atoms. The second-order valence-corrected chi connectivity index (χ2v) is 6.41. The van der Waals surface area contributed by atoms with E-state index in [1.165, 1.54) is 4.90 Å². The Morgan fingerprint density at radius 3 is 2.60 bits per heavy atom. The lowest BCUT2D eigenvalue weighted by atomic mass is 10.1. The molecule has 0 saturated carbocycles. The molecule has 0 bridgehead atoms. The summed E-state index contributed by atoms with van der Waals surface area (Å²) in [4.78, 5) is 17.8. The molecule has 1 aromatic heterocycles. The van der Waals surface area contributed by atoms with Crippen LogP contribution in [0.5, 0.6) is 0 Å². The number of aromatic nitrogens is 1. The van der Waals surface area contributed by atoms with Gasteiger partial charge in [-0.25, -0.2) is 4.79 Å². The molecule has 0 aliphatic carbocycles. The fourth-order valence-electron chi connectivity index (χ4n) is 1.66. The Morgan fingerprint density at radius 2 is 2.10 bits per heavy atom. The second-order valence-electron chi connectivity index (χ2n) is 5.50. The number of rotatable bonds is 4. The standard InChI is InChI=1S/C14H21BrN2O3/c1-14(2,3)20-13(18)17(4)12(9-19-5)10-6-11(15)8-16-7-10/h6-8,12H,9H2,1-5H3. The number of carbonyl (C=O) groups excluding carboxylic acids is 1. The number of methoxy groups -OCH3 is 1. The maximum Gasteiger partial charge on any atom is 0.410 e. The topological polar surface area (TPSA) is 51.7 Å². The highest BCUT2D eigenvalue weighted by atomic mass is 79.9. The molecule has 0 spiro atoms. The normalized spacial score (nSPS) is 12.9. The molecule has 0 aliphatic rings. The van der Waals surface area contributed by atoms with Gasteiger partial charge < -0.3 is 14.4 Å². The van der Waals surface area contributed by atoms with Crippen LogP contribution in [0.15, 0.2) is 22.9 Å². The summed E-state index contributed by atoms with van der Waals surface area (Å²) in [7, 11) is 3.29. The Morgan fingerprint density at radius 1 is 1.45 bits per heavy atom. The molecular weight excluding hydrogens is 324 g/mol. The summed E-state index contributed by atoms with van der Waals surface area (Å²) in [5.74, 6) is 0. The van der Waals surface area contributed by atoms with E-state index in [1.807, 2.05) is 26.8 Å². The van der Waals surface area contributed by atoms with E-state index in [0.717, 1.165) is 10.0 Å². The predicted octanol–water partition coefficient (Wildman–Crippen LogP) is 3.40. The van der Waals surface area contributed by atoms with E-state index >= 15 is 0 Å². The highest BCUT2D eigenvalue weighted by Crippen LogP contribution is 2.23. The number of amides is 1. The lowest BCUT2D eigenvalue weighted by Crippen LogP contribution is -2.38. The number of hydrogen-bond acceptors (Lipinski definition) is 4. The van der Waals surface area contributed by atoms with Crippen LogP contribution in [0.1, 0.15) is 32.4 Å². The van der Waals surface area contributed by atoms with E-state index in [1.54, 1.807) is 26.6 Å². The van der Waals surface area contributed by atoms with E-state index in [0.29, 0.717) is 6.61 Å². The minimum atomic E-state index is -0.529. The molecule has 0 fully saturated rings. The highest BCUT2D eigenvalue weighted by molar-refractivity contribution is 9.10. The van der Waals surface area contributed by atoms with Crippen molar-refractivity contribution < 1.29 is 14.3 Å². The van der Waals surface area contributed by atoms with Crippen molar-refractivity contribution in [3.8, 4) is 0 Å². The third-order valence-electron chi connectivity index (χ3n) is 2.58. The van der Waals surface area contributed by atoms with Gasteiger partial charge in [0, 0.05) is 31.0 Å². The van der Waals surface area contributed by atoms with E-state index < -0.39 is 5.60 Å². The molecule has 1 atom stereocenters. The summed E-state index contributed by atoms with van der Waals surface area (Å²) >= 11 is 3.38. The SMILES string of the molecule is COCC(c1cncc(Br)c1)N(C)C(=O)OC(C)(C)C. The maximum atomic E-state index is 12.1. The Bertz CT molecular complexity index is 460. The van der Waals surface area contributed by atoms with Crippen molar-refractivity contribution in [2.75, 3.05) is 20.8 Å². The quantitative estimate of drug-likeness (QED) is 0.839. The summed E-state index contributed by atoms with van der Waals surface area (Å²) in [5.41, 5.74) is 0.355. The van der Waals surface area contributed by atoms with Crippen LogP contribution < -0.4 is 0 Å². The molecule has 1 amide bonds. The summed E-state index contributed by atoms with van der Waals surface area (Å²) in [6.45, 7) is 5.88. The van der Waals surface area contributed by atoms with Gasteiger partial charge in [-0.15, -0.1) is 0 Å². The number of carbonyl (C=O) groups is 1. The molecule has 5 nitrogen and oxygen atoms in total. The van der Waals surface area contributed by atoms with Crippen molar-refractivity contribution in [2.24, 2.45) is 0 Å². The molecule has 1 rings (SSSR count). The number of pyridine rings is 1. The van der Waals surface area contributed by atoms with Gasteiger partial charge in [0.15, 0.2) is 0 Å². The third kappa shape index (κ3) is 5.09. The largest absolute Gasteiger partial charge is 0.444 e. The molecule has 1 heterocycles. The molecule has 112 valence electrons. The van der Waals surface area contributed by atoms with Crippen LogP contribution in [0.4, 0.5) is 4.79 Å². The van der Waals surface area contributed by atoms with Gasteiger partial charge >= 0.3 is 6.09 Å². The first-order chi connectivity index (χ1) is 9.24. The monoisotopic (exact) mass is 344 g/mol. The minimum Gasteiger partial charge on any atom is -0.444 e. The summed E-state index contributed by atoms with van der Waals surface area (Å²) in [6.07, 6.45) is 3.02. The number of hydrogen-bond donors (Lipinski definition) is 0. The van der Waals surface area contributed by atoms with Crippen molar-refractivity contribution in [1.82, 2.24) is 9.88 Å². The van der Waals surface area contributed by atoms with Crippen molar-refractivity contribution in [3.05, 3.63) is 28.5 Å². The van der Waals surface area contributed by atoms with Gasteiger partial charge in [0.1, 0.15) is 5.60 Å². The molecular formula is C14H21BrN2O3. The first-order valence-electron chi connectivity index (χ1n) is 6.30. The highest BCUT2D eigenvalue weighted by Gasteiger charge is 2.26. The fourth-order valence-corrected chi connectivity index (χ4v) is 2.04. The molecule has 0 N–H and O–H groups in total. The number of ether oxygens (including phenoxy) is 2. The number of likely N-dealkylation sites (N-methyl/N-ethyl adjacent to an activating group) is 1. The Kier molecular flexibility index (Phi) is 5.95. The molecule has 1 unspecified atom stereocenters. The van der Waals surface area contributed by atoms with Gasteiger partial charge in [-0.05, 0) is 48.3 Å². The van der Waals surface area contributed by atoms with Gasteiger partial charge in [0.25, 0.3) is 0 Å². The fraction of sp³-hybridized carbons (Fsp3) is 0.571. The molecule has 1 aromatic rings. The third-order valence-corrected chi connectivity index (χ3v) is 3.02. The summed E-state index contributed by atoms with van der Waals surface area (Å²) in [6, 6.07) is 1.66. The number of halogens is 1. The van der Waals surface area contributed by atoms with Crippen LogP contribution in [0.2, 0.25) is 0 Å². The van der Waals surface area contributed by atoms with Gasteiger partial charge in [-0.2, -0.15) is 0 Å². The average molecular weight is 345 g/mol. The molecule has 6 heteroatoms. The Hall–Kier alpha value is -1.14. The van der Waals surface area contributed by atoms with Crippen LogP contribution in [0.25, 0.3) is 0 Å². The van der Waals surface area contributed by atoms with Crippen molar-refractivity contribution >= 4 is 22.0 Å². The maximum absolute atomic E-state index is 12.1. The number of nitrogens with zero attached hydrogens (tertiary/aromatic N) is 2. The average Bonchev–Trinajstić information content (AvgIpc) is 2.33. The van der Waals surface area contributed by atoms with Crippen LogP contribution >= 0.6 is 15.9 Å². The van der Waals surface area contributed by atoms with Gasteiger partial charge in [-0.1, -0.05) is 0 Å². The van der Waals surface area contributed by atoms with Gasteiger partial charge in [0.2, 0.25) is 0 Å². The van der Waals surface area contributed by atoms with Crippen LogP contribution in [0.3, 0.4) is 0 Å². The van der Waals surface area contributed by atoms with Crippen LogP contribution in [-0.4, -0.2) is 42.3 Å². The predicted molar refractivity (Wildman–Crippen MR) is 80.6 cm³/mol.